The van der Waals surface area contributed by atoms with Crippen LogP contribution in [0, 0.1) is 30.1 Å². The standard InChI is InChI=1S/C38H63NO6SSi/c1-13-15-21-37(45-47(11,12)36(8,9)10)23-24-38(44-33(37)14-2)22-20-28(6)32(43-38)19-17-27(5)16-18-31(40)29(7)34(41)39-30(26(3)4)25-42-35(39)46/h2,16-18,26,28-33,40H,13,15,19-25H2,1,3-12H3/b18-16+,27-17+/t28?,29-,30-,31+,32-,33+,37-,38+/m1/s1. The van der Waals surface area contributed by atoms with Gasteiger partial charge >= 0.3 is 0 Å². The third-order valence-corrected chi connectivity index (χ3v) is 16.0. The van der Waals surface area contributed by atoms with Crippen LogP contribution < -0.4 is 0 Å². The Bertz CT molecular complexity index is 1200. The van der Waals surface area contributed by atoms with Gasteiger partial charge in [-0.1, -0.05) is 98.0 Å². The molecule has 1 amide bonds. The molecular weight excluding hydrogens is 627 g/mol. The molecule has 8 atom stereocenters. The van der Waals surface area contributed by atoms with Gasteiger partial charge in [0.15, 0.2) is 14.1 Å². The van der Waals surface area contributed by atoms with Gasteiger partial charge in [-0.3, -0.25) is 9.69 Å². The summed E-state index contributed by atoms with van der Waals surface area (Å²) in [5.74, 6) is 1.99. The molecule has 0 aromatic rings. The van der Waals surface area contributed by atoms with E-state index in [2.05, 4.69) is 59.7 Å². The summed E-state index contributed by atoms with van der Waals surface area (Å²) in [6.45, 7) is 24.1. The molecule has 9 heteroatoms. The van der Waals surface area contributed by atoms with E-state index in [0.29, 0.717) is 18.9 Å². The lowest BCUT2D eigenvalue weighted by molar-refractivity contribution is -0.340. The fourth-order valence-electron chi connectivity index (χ4n) is 6.62. The minimum atomic E-state index is -2.11. The van der Waals surface area contributed by atoms with Crippen LogP contribution >= 0.6 is 12.2 Å². The molecule has 1 unspecified atom stereocenters. The van der Waals surface area contributed by atoms with Crippen LogP contribution in [0.2, 0.25) is 18.1 Å². The zero-order valence-corrected chi connectivity index (χ0v) is 32.9. The maximum atomic E-state index is 13.2. The van der Waals surface area contributed by atoms with Crippen LogP contribution in [-0.4, -0.2) is 71.8 Å². The highest BCUT2D eigenvalue weighted by atomic mass is 32.1. The Labute approximate surface area is 292 Å². The number of hydrogen-bond acceptors (Lipinski definition) is 7. The maximum absolute atomic E-state index is 13.2. The predicted molar refractivity (Wildman–Crippen MR) is 196 cm³/mol. The van der Waals surface area contributed by atoms with Crippen LogP contribution in [0.5, 0.6) is 0 Å². The Kier molecular flexibility index (Phi) is 13.6. The second kappa shape index (κ2) is 16.0. The van der Waals surface area contributed by atoms with Crippen LogP contribution in [0.25, 0.3) is 0 Å². The monoisotopic (exact) mass is 689 g/mol. The Morgan fingerprint density at radius 2 is 1.91 bits per heavy atom. The lowest BCUT2D eigenvalue weighted by Crippen LogP contribution is -2.62. The molecule has 3 saturated heterocycles. The highest BCUT2D eigenvalue weighted by Gasteiger charge is 2.56. The van der Waals surface area contributed by atoms with E-state index in [9.17, 15) is 9.90 Å². The van der Waals surface area contributed by atoms with E-state index in [-0.39, 0.29) is 34.2 Å². The molecule has 3 aliphatic rings. The van der Waals surface area contributed by atoms with Crippen molar-refractivity contribution in [1.82, 2.24) is 4.90 Å². The van der Waals surface area contributed by atoms with Gasteiger partial charge in [-0.05, 0) is 74.8 Å². The number of carbonyl (C=O) groups excluding carboxylic acids is 1. The smallest absolute Gasteiger partial charge is 0.266 e. The number of allylic oxidation sites excluding steroid dienone is 2. The van der Waals surface area contributed by atoms with Gasteiger partial charge in [0.25, 0.3) is 5.17 Å². The largest absolute Gasteiger partial charge is 0.468 e. The highest BCUT2D eigenvalue weighted by Crippen LogP contribution is 2.50. The summed E-state index contributed by atoms with van der Waals surface area (Å²) < 4.78 is 26.3. The van der Waals surface area contributed by atoms with Crippen LogP contribution in [0.1, 0.15) is 114 Å². The first-order valence-corrected chi connectivity index (χ1v) is 21.2. The molecule has 266 valence electrons. The number of nitrogens with zero attached hydrogens (tertiary/aromatic N) is 1. The molecule has 47 heavy (non-hydrogen) atoms. The number of thiocarbonyl (C=S) groups is 1. The van der Waals surface area contributed by atoms with Gasteiger partial charge in [0.2, 0.25) is 5.91 Å². The van der Waals surface area contributed by atoms with E-state index in [1.165, 1.54) is 4.90 Å². The highest BCUT2D eigenvalue weighted by molar-refractivity contribution is 7.80. The average Bonchev–Trinajstić information content (AvgIpc) is 3.40. The molecule has 0 aromatic heterocycles. The van der Waals surface area contributed by atoms with E-state index < -0.39 is 37.8 Å². The minimum Gasteiger partial charge on any atom is -0.468 e. The lowest BCUT2D eigenvalue weighted by atomic mass is 9.79. The van der Waals surface area contributed by atoms with E-state index in [1.807, 2.05) is 26.8 Å². The summed E-state index contributed by atoms with van der Waals surface area (Å²) in [4.78, 5) is 14.8. The minimum absolute atomic E-state index is 0.0236. The third kappa shape index (κ3) is 9.37. The number of rotatable bonds is 12. The first-order valence-electron chi connectivity index (χ1n) is 17.9. The van der Waals surface area contributed by atoms with Crippen molar-refractivity contribution in [3.8, 4) is 12.3 Å². The SMILES string of the molecule is C#C[C@@H]1O[C@@]2(CCC(C)[C@@H](C/C=C(C)/C=C/[C@H](O)[C@@H](C)C(=O)N3C(=S)OC[C@@H]3C(C)C)O2)CC[C@@]1(CCCC)O[Si](C)(C)C(C)(C)C. The molecule has 3 heterocycles. The van der Waals surface area contributed by atoms with Crippen molar-refractivity contribution in [1.29, 1.82) is 0 Å². The summed E-state index contributed by atoms with van der Waals surface area (Å²) in [5, 5.41) is 11.1. The van der Waals surface area contributed by atoms with Crippen molar-refractivity contribution in [2.75, 3.05) is 6.61 Å². The molecule has 0 bridgehead atoms. The zero-order chi connectivity index (χ0) is 35.4. The van der Waals surface area contributed by atoms with Crippen LogP contribution in [-0.2, 0) is 23.4 Å². The molecule has 3 aliphatic heterocycles. The molecule has 3 fully saturated rings. The van der Waals surface area contributed by atoms with Gasteiger partial charge < -0.3 is 23.7 Å². The Morgan fingerprint density at radius 1 is 1.23 bits per heavy atom. The van der Waals surface area contributed by atoms with Crippen LogP contribution in [0.3, 0.4) is 0 Å². The third-order valence-electron chi connectivity index (χ3n) is 11.1. The summed E-state index contributed by atoms with van der Waals surface area (Å²) in [6, 6.07) is -0.113. The van der Waals surface area contributed by atoms with Gasteiger partial charge in [-0.2, -0.15) is 0 Å². The summed E-state index contributed by atoms with van der Waals surface area (Å²) in [6.07, 6.45) is 17.6. The Hall–Kier alpha value is -1.54. The molecule has 0 radical (unpaired) electrons. The number of aliphatic hydroxyl groups is 1. The number of terminal acetylenes is 1. The van der Waals surface area contributed by atoms with Gasteiger partial charge in [-0.25, -0.2) is 0 Å². The van der Waals surface area contributed by atoms with Crippen molar-refractivity contribution in [2.24, 2.45) is 17.8 Å². The van der Waals surface area contributed by atoms with Gasteiger partial charge in [0.1, 0.15) is 12.7 Å². The zero-order valence-electron chi connectivity index (χ0n) is 31.1. The number of carbonyl (C=O) groups is 1. The van der Waals surface area contributed by atoms with Crippen molar-refractivity contribution in [3.05, 3.63) is 23.8 Å². The number of amides is 1. The molecule has 3 rings (SSSR count). The van der Waals surface area contributed by atoms with Crippen molar-refractivity contribution >= 4 is 31.6 Å². The topological polar surface area (TPSA) is 77.5 Å². The lowest BCUT2D eigenvalue weighted by Gasteiger charge is -2.55. The average molecular weight is 690 g/mol. The summed E-state index contributed by atoms with van der Waals surface area (Å²) in [7, 11) is -2.11. The van der Waals surface area contributed by atoms with Crippen LogP contribution in [0.4, 0.5) is 0 Å². The Morgan fingerprint density at radius 3 is 2.51 bits per heavy atom. The Balaban J connectivity index is 1.68. The molecule has 1 N–H and O–H groups in total. The first-order chi connectivity index (χ1) is 21.8. The van der Waals surface area contributed by atoms with E-state index in [1.54, 1.807) is 13.0 Å². The van der Waals surface area contributed by atoms with Gasteiger partial charge in [0, 0.05) is 12.8 Å². The second-order valence-corrected chi connectivity index (χ2v) is 21.3. The van der Waals surface area contributed by atoms with Gasteiger partial charge in [0.05, 0.1) is 29.8 Å². The second-order valence-electron chi connectivity index (χ2n) is 16.2. The molecule has 7 nitrogen and oxygen atoms in total. The van der Waals surface area contributed by atoms with E-state index in [0.717, 1.165) is 50.5 Å². The predicted octanol–water partition coefficient (Wildman–Crippen LogP) is 8.32. The molecule has 0 saturated carbocycles. The molecule has 1 spiro atoms. The number of hydrogen-bond donors (Lipinski definition) is 1. The van der Waals surface area contributed by atoms with E-state index in [4.69, 9.17) is 37.3 Å². The maximum Gasteiger partial charge on any atom is 0.266 e. The van der Waals surface area contributed by atoms with Crippen molar-refractivity contribution < 1.29 is 28.5 Å². The van der Waals surface area contributed by atoms with Gasteiger partial charge in [-0.15, -0.1) is 6.42 Å². The number of aliphatic hydroxyl groups excluding tert-OH is 1. The van der Waals surface area contributed by atoms with Crippen LogP contribution in [0.15, 0.2) is 23.8 Å². The summed E-state index contributed by atoms with van der Waals surface area (Å²) >= 11 is 5.29. The van der Waals surface area contributed by atoms with E-state index >= 15 is 0 Å². The quantitative estimate of drug-likeness (QED) is 0.0956. The van der Waals surface area contributed by atoms with Crippen molar-refractivity contribution in [2.45, 2.75) is 168 Å². The molecule has 0 aromatic carbocycles. The fourth-order valence-corrected chi connectivity index (χ4v) is 8.54. The normalized spacial score (nSPS) is 32.1. The molecular formula is C38H63NO6SSi. The number of ether oxygens (including phenoxy) is 3. The number of unbranched alkanes of at least 4 members (excludes halogenated alkanes) is 1. The van der Waals surface area contributed by atoms with Crippen molar-refractivity contribution in [3.63, 3.8) is 0 Å². The molecule has 0 aliphatic carbocycles. The first kappa shape index (κ1) is 39.9. The fraction of sp³-hybridized carbons (Fsp3) is 0.789. The summed E-state index contributed by atoms with van der Waals surface area (Å²) in [5.41, 5.74) is 0.496.